The van der Waals surface area contributed by atoms with E-state index >= 15 is 0 Å². The Kier molecular flexibility index (Phi) is 5.45. The number of hydrogen-bond acceptors (Lipinski definition) is 6. The number of furan rings is 1. The van der Waals surface area contributed by atoms with Gasteiger partial charge in [0.25, 0.3) is 5.91 Å². The number of fused-ring (bicyclic) bond motifs is 1. The first kappa shape index (κ1) is 19.0. The Bertz CT molecular complexity index is 1060. The maximum Gasteiger partial charge on any atom is 0.288 e. The van der Waals surface area contributed by atoms with Crippen molar-refractivity contribution in [1.29, 1.82) is 5.26 Å². The van der Waals surface area contributed by atoms with Crippen molar-refractivity contribution in [3.05, 3.63) is 76.1 Å². The molecule has 0 saturated heterocycles. The number of benzene rings is 1. The Morgan fingerprint density at radius 1 is 1.10 bits per heavy atom. The Balaban J connectivity index is 1.65. The van der Waals surface area contributed by atoms with E-state index in [-0.39, 0.29) is 11.5 Å². The lowest BCUT2D eigenvalue weighted by Crippen LogP contribution is -2.46. The molecule has 3 aromatic rings. The quantitative estimate of drug-likeness (QED) is 0.475. The standard InChI is InChI=1S/C22H19N3O3S/c23-13-16-15-9-4-5-11-18(15)29-22(16)25-20(19(26)14-7-2-1-3-8-14)24-21(27)17-10-6-12-28-17/h1-3,6-8,10,12,20,25H,4-5,9,11H2,(H,24,27)/t20-/m0/s1. The lowest BCUT2D eigenvalue weighted by molar-refractivity contribution is 0.0853. The highest BCUT2D eigenvalue weighted by atomic mass is 32.1. The molecule has 1 aliphatic carbocycles. The summed E-state index contributed by atoms with van der Waals surface area (Å²) in [7, 11) is 0. The molecule has 0 saturated carbocycles. The molecule has 2 aromatic heterocycles. The molecule has 2 heterocycles. The van der Waals surface area contributed by atoms with Crippen LogP contribution in [0.4, 0.5) is 5.00 Å². The van der Waals surface area contributed by atoms with E-state index in [9.17, 15) is 14.9 Å². The molecule has 0 fully saturated rings. The SMILES string of the molecule is N#Cc1c(N[C@H](NC(=O)c2ccco2)C(=O)c2ccccc2)sc2c1CCCC2. The fourth-order valence-corrected chi connectivity index (χ4v) is 4.73. The van der Waals surface area contributed by atoms with Gasteiger partial charge in [0.2, 0.25) is 5.78 Å². The highest BCUT2D eigenvalue weighted by Gasteiger charge is 2.27. The molecule has 7 heteroatoms. The van der Waals surface area contributed by atoms with Gasteiger partial charge in [0.05, 0.1) is 11.8 Å². The predicted molar refractivity (Wildman–Crippen MR) is 110 cm³/mol. The van der Waals surface area contributed by atoms with E-state index in [2.05, 4.69) is 16.7 Å². The van der Waals surface area contributed by atoms with Gasteiger partial charge in [0.15, 0.2) is 11.9 Å². The summed E-state index contributed by atoms with van der Waals surface area (Å²) in [6.07, 6.45) is 4.33. The van der Waals surface area contributed by atoms with Crippen LogP contribution in [-0.2, 0) is 12.8 Å². The zero-order valence-corrected chi connectivity index (χ0v) is 16.4. The summed E-state index contributed by atoms with van der Waals surface area (Å²) in [5.41, 5.74) is 2.10. The maximum absolute atomic E-state index is 13.1. The number of carbonyl (C=O) groups is 2. The summed E-state index contributed by atoms with van der Waals surface area (Å²) in [4.78, 5) is 26.8. The Morgan fingerprint density at radius 3 is 2.62 bits per heavy atom. The first-order chi connectivity index (χ1) is 14.2. The topological polar surface area (TPSA) is 95.1 Å². The molecule has 1 amide bonds. The van der Waals surface area contributed by atoms with Crippen LogP contribution >= 0.6 is 11.3 Å². The van der Waals surface area contributed by atoms with E-state index in [0.717, 1.165) is 31.2 Å². The molecule has 0 unspecified atom stereocenters. The third-order valence-electron chi connectivity index (χ3n) is 4.90. The first-order valence-corrected chi connectivity index (χ1v) is 10.2. The second-order valence-corrected chi connectivity index (χ2v) is 7.89. The minimum atomic E-state index is -1.03. The molecular formula is C22H19N3O3S. The van der Waals surface area contributed by atoms with Crippen LogP contribution in [0.5, 0.6) is 0 Å². The van der Waals surface area contributed by atoms with Crippen LogP contribution in [-0.4, -0.2) is 17.9 Å². The number of carbonyl (C=O) groups excluding carboxylic acids is 2. The van der Waals surface area contributed by atoms with Crippen molar-refractivity contribution in [2.75, 3.05) is 5.32 Å². The van der Waals surface area contributed by atoms with Gasteiger partial charge in [0.1, 0.15) is 11.1 Å². The van der Waals surface area contributed by atoms with Gasteiger partial charge in [-0.15, -0.1) is 11.3 Å². The number of nitrogens with one attached hydrogen (secondary N) is 2. The van der Waals surface area contributed by atoms with Crippen molar-refractivity contribution in [2.24, 2.45) is 0 Å². The number of ketones is 1. The fourth-order valence-electron chi connectivity index (χ4n) is 3.46. The van der Waals surface area contributed by atoms with Gasteiger partial charge in [-0.3, -0.25) is 9.59 Å². The summed E-state index contributed by atoms with van der Waals surface area (Å²) < 4.78 is 5.14. The highest BCUT2D eigenvalue weighted by Crippen LogP contribution is 2.38. The smallest absolute Gasteiger partial charge is 0.288 e. The average molecular weight is 405 g/mol. The summed E-state index contributed by atoms with van der Waals surface area (Å²) in [6.45, 7) is 0. The fraction of sp³-hybridized carbons (Fsp3) is 0.227. The van der Waals surface area contributed by atoms with Crippen molar-refractivity contribution in [1.82, 2.24) is 5.32 Å². The normalized spacial score (nSPS) is 13.8. The lowest BCUT2D eigenvalue weighted by atomic mass is 9.96. The molecule has 0 spiro atoms. The predicted octanol–water partition coefficient (Wildman–Crippen LogP) is 4.14. The second-order valence-electron chi connectivity index (χ2n) is 6.79. The first-order valence-electron chi connectivity index (χ1n) is 9.42. The number of Topliss-reactive ketones (excluding diaryl/α,β-unsaturated/α-hetero) is 1. The monoisotopic (exact) mass is 405 g/mol. The number of nitrogens with zero attached hydrogens (tertiary/aromatic N) is 1. The van der Waals surface area contributed by atoms with E-state index in [1.54, 1.807) is 30.3 Å². The van der Waals surface area contributed by atoms with Crippen LogP contribution < -0.4 is 10.6 Å². The number of thiophene rings is 1. The van der Waals surface area contributed by atoms with Crippen molar-refractivity contribution < 1.29 is 14.0 Å². The summed E-state index contributed by atoms with van der Waals surface area (Å²) in [5, 5.41) is 16.1. The molecule has 2 N–H and O–H groups in total. The van der Waals surface area contributed by atoms with E-state index < -0.39 is 12.1 Å². The summed E-state index contributed by atoms with van der Waals surface area (Å²) in [5.74, 6) is -0.680. The van der Waals surface area contributed by atoms with Gasteiger partial charge < -0.3 is 15.1 Å². The van der Waals surface area contributed by atoms with Gasteiger partial charge in [-0.25, -0.2) is 0 Å². The van der Waals surface area contributed by atoms with Crippen LogP contribution in [0.2, 0.25) is 0 Å². The van der Waals surface area contributed by atoms with E-state index in [0.29, 0.717) is 16.1 Å². The van der Waals surface area contributed by atoms with Gasteiger partial charge in [-0.1, -0.05) is 30.3 Å². The van der Waals surface area contributed by atoms with Crippen molar-refractivity contribution >= 4 is 28.0 Å². The van der Waals surface area contributed by atoms with Crippen LogP contribution in [0.25, 0.3) is 0 Å². The molecule has 1 aromatic carbocycles. The zero-order valence-electron chi connectivity index (χ0n) is 15.6. The third-order valence-corrected chi connectivity index (χ3v) is 6.12. The molecule has 4 rings (SSSR count). The largest absolute Gasteiger partial charge is 0.459 e. The van der Waals surface area contributed by atoms with Crippen molar-refractivity contribution in [2.45, 2.75) is 31.8 Å². The molecule has 0 radical (unpaired) electrons. The maximum atomic E-state index is 13.1. The molecule has 6 nitrogen and oxygen atoms in total. The van der Waals surface area contributed by atoms with E-state index in [4.69, 9.17) is 4.42 Å². The Hall–Kier alpha value is -3.37. The van der Waals surface area contributed by atoms with E-state index in [1.807, 2.05) is 6.07 Å². The van der Waals surface area contributed by atoms with Gasteiger partial charge in [0, 0.05) is 10.4 Å². The van der Waals surface area contributed by atoms with Crippen LogP contribution in [0.15, 0.2) is 53.1 Å². The highest BCUT2D eigenvalue weighted by molar-refractivity contribution is 7.16. The number of nitriles is 1. The number of anilines is 1. The van der Waals surface area contributed by atoms with Crippen LogP contribution in [0.3, 0.4) is 0 Å². The van der Waals surface area contributed by atoms with Crippen molar-refractivity contribution in [3.63, 3.8) is 0 Å². The Labute approximate surface area is 172 Å². The molecular weight excluding hydrogens is 386 g/mol. The number of amides is 1. The van der Waals surface area contributed by atoms with Crippen molar-refractivity contribution in [3.8, 4) is 6.07 Å². The summed E-state index contributed by atoms with van der Waals surface area (Å²) >= 11 is 1.49. The van der Waals surface area contributed by atoms with Crippen LogP contribution in [0.1, 0.15) is 49.8 Å². The molecule has 1 aliphatic rings. The average Bonchev–Trinajstić information content (AvgIpc) is 3.41. The van der Waals surface area contributed by atoms with Gasteiger partial charge >= 0.3 is 0 Å². The van der Waals surface area contributed by atoms with Gasteiger partial charge in [-0.05, 0) is 43.4 Å². The van der Waals surface area contributed by atoms with Crippen LogP contribution in [0, 0.1) is 11.3 Å². The molecule has 0 bridgehead atoms. The minimum Gasteiger partial charge on any atom is -0.459 e. The molecule has 0 aliphatic heterocycles. The molecule has 1 atom stereocenters. The molecule has 29 heavy (non-hydrogen) atoms. The second kappa shape index (κ2) is 8.33. The Morgan fingerprint density at radius 2 is 1.90 bits per heavy atom. The lowest BCUT2D eigenvalue weighted by Gasteiger charge is -2.19. The number of hydrogen-bond donors (Lipinski definition) is 2. The number of rotatable bonds is 6. The minimum absolute atomic E-state index is 0.114. The zero-order chi connectivity index (χ0) is 20.2. The van der Waals surface area contributed by atoms with Gasteiger partial charge in [-0.2, -0.15) is 5.26 Å². The third kappa shape index (κ3) is 3.93. The molecule has 146 valence electrons. The summed E-state index contributed by atoms with van der Waals surface area (Å²) in [6, 6.07) is 14.2. The number of aryl methyl sites for hydroxylation is 1. The van der Waals surface area contributed by atoms with E-state index in [1.165, 1.54) is 28.5 Å².